The zero-order chi connectivity index (χ0) is 14.0. The van der Waals surface area contributed by atoms with Gasteiger partial charge in [-0.3, -0.25) is 9.52 Å². The maximum absolute atomic E-state index is 12.2. The lowest BCUT2D eigenvalue weighted by molar-refractivity contribution is 0.601. The molecule has 5 nitrogen and oxygen atoms in total. The second-order valence-electron chi connectivity index (χ2n) is 4.26. The predicted octanol–water partition coefficient (Wildman–Crippen LogP) is 1.79. The third-order valence-electron chi connectivity index (χ3n) is 2.85. The molecule has 1 aromatic carbocycles. The van der Waals surface area contributed by atoms with Gasteiger partial charge in [0.25, 0.3) is 15.6 Å². The lowest BCUT2D eigenvalue weighted by Crippen LogP contribution is -2.19. The smallest absolute Gasteiger partial charge is 0.272 e. The molecule has 0 aliphatic carbocycles. The number of nitrogens with one attached hydrogen (secondary N) is 2. The average molecular weight is 278 g/mol. The molecule has 0 spiro atoms. The molecule has 6 heteroatoms. The summed E-state index contributed by atoms with van der Waals surface area (Å²) in [6.07, 6.45) is 1.44. The summed E-state index contributed by atoms with van der Waals surface area (Å²) in [4.78, 5) is 14.0. The number of aromatic amines is 1. The maximum atomic E-state index is 12.2. The van der Waals surface area contributed by atoms with Crippen LogP contribution in [0.2, 0.25) is 0 Å². The van der Waals surface area contributed by atoms with Crippen LogP contribution in [0.15, 0.2) is 46.2 Å². The lowest BCUT2D eigenvalue weighted by atomic mass is 10.1. The molecule has 1 heterocycles. The van der Waals surface area contributed by atoms with Crippen molar-refractivity contribution in [2.45, 2.75) is 18.7 Å². The molecule has 0 atom stereocenters. The first-order valence-corrected chi connectivity index (χ1v) is 7.16. The second-order valence-corrected chi connectivity index (χ2v) is 5.95. The number of pyridine rings is 1. The van der Waals surface area contributed by atoms with Crippen LogP contribution >= 0.6 is 0 Å². The van der Waals surface area contributed by atoms with Crippen LogP contribution in [0.5, 0.6) is 0 Å². The van der Waals surface area contributed by atoms with Gasteiger partial charge in [0.05, 0.1) is 4.90 Å². The lowest BCUT2D eigenvalue weighted by Gasteiger charge is -2.08. The molecule has 0 fully saturated rings. The van der Waals surface area contributed by atoms with Gasteiger partial charge in [0, 0.05) is 6.20 Å². The van der Waals surface area contributed by atoms with Gasteiger partial charge in [-0.1, -0.05) is 6.07 Å². The topological polar surface area (TPSA) is 79.0 Å². The molecular formula is C13H14N2O3S. The number of benzene rings is 1. The number of hydrogen-bond donors (Lipinski definition) is 2. The molecular weight excluding hydrogens is 264 g/mol. The molecule has 2 aromatic rings. The van der Waals surface area contributed by atoms with Crippen molar-refractivity contribution in [1.29, 1.82) is 0 Å². The summed E-state index contributed by atoms with van der Waals surface area (Å²) >= 11 is 0. The Hall–Kier alpha value is -2.08. The highest BCUT2D eigenvalue weighted by Gasteiger charge is 2.16. The molecule has 0 aliphatic rings. The molecule has 0 radical (unpaired) electrons. The van der Waals surface area contributed by atoms with Gasteiger partial charge in [-0.15, -0.1) is 0 Å². The Morgan fingerprint density at radius 2 is 1.84 bits per heavy atom. The van der Waals surface area contributed by atoms with Gasteiger partial charge in [0.1, 0.15) is 5.69 Å². The predicted molar refractivity (Wildman–Crippen MR) is 73.8 cm³/mol. The summed E-state index contributed by atoms with van der Waals surface area (Å²) in [6, 6.07) is 7.80. The molecule has 19 heavy (non-hydrogen) atoms. The van der Waals surface area contributed by atoms with Crippen LogP contribution in [0.1, 0.15) is 11.1 Å². The van der Waals surface area contributed by atoms with E-state index in [4.69, 9.17) is 0 Å². The fourth-order valence-electron chi connectivity index (χ4n) is 1.59. The van der Waals surface area contributed by atoms with Crippen LogP contribution in [0.25, 0.3) is 0 Å². The van der Waals surface area contributed by atoms with Crippen molar-refractivity contribution < 1.29 is 8.42 Å². The van der Waals surface area contributed by atoms with E-state index in [0.29, 0.717) is 0 Å². The highest BCUT2D eigenvalue weighted by Crippen LogP contribution is 2.16. The Morgan fingerprint density at radius 1 is 1.11 bits per heavy atom. The first kappa shape index (κ1) is 13.4. The number of H-pyrrole nitrogens is 1. The minimum absolute atomic E-state index is 0.000674. The molecule has 0 aliphatic heterocycles. The van der Waals surface area contributed by atoms with E-state index in [0.717, 1.165) is 11.1 Å². The standard InChI is InChI=1S/C13H14N2O3S/c1-9-5-6-11(8-10(9)2)19(17,18)15-12-4-3-7-14-13(12)16/h3-8,15H,1-2H3,(H,14,16). The van der Waals surface area contributed by atoms with Gasteiger partial charge in [0.15, 0.2) is 0 Å². The summed E-state index contributed by atoms with van der Waals surface area (Å²) in [5.74, 6) is 0. The van der Waals surface area contributed by atoms with Crippen LogP contribution < -0.4 is 10.3 Å². The van der Waals surface area contributed by atoms with Gasteiger partial charge in [0.2, 0.25) is 0 Å². The Labute approximate surface area is 111 Å². The van der Waals surface area contributed by atoms with Gasteiger partial charge >= 0.3 is 0 Å². The summed E-state index contributed by atoms with van der Waals surface area (Å²) in [5, 5.41) is 0. The van der Waals surface area contributed by atoms with Crippen LogP contribution in [-0.4, -0.2) is 13.4 Å². The molecule has 2 N–H and O–H groups in total. The Morgan fingerprint density at radius 3 is 2.47 bits per heavy atom. The van der Waals surface area contributed by atoms with E-state index < -0.39 is 15.6 Å². The summed E-state index contributed by atoms with van der Waals surface area (Å²) in [7, 11) is -3.75. The largest absolute Gasteiger partial charge is 0.327 e. The van der Waals surface area contributed by atoms with E-state index in [2.05, 4.69) is 9.71 Å². The monoisotopic (exact) mass is 278 g/mol. The van der Waals surface area contributed by atoms with Crippen molar-refractivity contribution in [1.82, 2.24) is 4.98 Å². The molecule has 0 saturated heterocycles. The Balaban J connectivity index is 2.41. The van der Waals surface area contributed by atoms with Crippen LogP contribution in [0, 0.1) is 13.8 Å². The van der Waals surface area contributed by atoms with E-state index in [1.54, 1.807) is 18.2 Å². The Bertz CT molecular complexity index is 763. The third kappa shape index (κ3) is 2.85. The number of hydrogen-bond acceptors (Lipinski definition) is 3. The fraction of sp³-hybridized carbons (Fsp3) is 0.154. The number of anilines is 1. The number of rotatable bonds is 3. The van der Waals surface area contributed by atoms with Crippen molar-refractivity contribution in [3.8, 4) is 0 Å². The summed E-state index contributed by atoms with van der Waals surface area (Å²) < 4.78 is 26.6. The zero-order valence-electron chi connectivity index (χ0n) is 10.6. The molecule has 0 saturated carbocycles. The highest BCUT2D eigenvalue weighted by atomic mass is 32.2. The second kappa shape index (κ2) is 4.89. The number of sulfonamides is 1. The van der Waals surface area contributed by atoms with E-state index in [-0.39, 0.29) is 10.6 Å². The summed E-state index contributed by atoms with van der Waals surface area (Å²) in [6.45, 7) is 3.74. The zero-order valence-corrected chi connectivity index (χ0v) is 11.4. The van der Waals surface area contributed by atoms with Gasteiger partial charge in [-0.25, -0.2) is 8.42 Å². The van der Waals surface area contributed by atoms with Gasteiger partial charge < -0.3 is 4.98 Å². The highest BCUT2D eigenvalue weighted by molar-refractivity contribution is 7.92. The van der Waals surface area contributed by atoms with Crippen molar-refractivity contribution in [3.05, 3.63) is 58.0 Å². The van der Waals surface area contributed by atoms with Gasteiger partial charge in [-0.2, -0.15) is 0 Å². The van der Waals surface area contributed by atoms with E-state index in [9.17, 15) is 13.2 Å². The minimum Gasteiger partial charge on any atom is -0.327 e. The number of aromatic nitrogens is 1. The third-order valence-corrected chi connectivity index (χ3v) is 4.21. The van der Waals surface area contributed by atoms with Crippen molar-refractivity contribution >= 4 is 15.7 Å². The molecule has 100 valence electrons. The molecule has 2 rings (SSSR count). The first-order valence-electron chi connectivity index (χ1n) is 5.68. The van der Waals surface area contributed by atoms with Crippen molar-refractivity contribution in [3.63, 3.8) is 0 Å². The SMILES string of the molecule is Cc1ccc(S(=O)(=O)Nc2ccc[nH]c2=O)cc1C. The van der Waals surface area contributed by atoms with Crippen molar-refractivity contribution in [2.75, 3.05) is 4.72 Å². The van der Waals surface area contributed by atoms with Crippen LogP contribution in [-0.2, 0) is 10.0 Å². The van der Waals surface area contributed by atoms with E-state index >= 15 is 0 Å². The quantitative estimate of drug-likeness (QED) is 0.898. The fourth-order valence-corrected chi connectivity index (χ4v) is 2.73. The molecule has 0 bridgehead atoms. The number of aryl methyl sites for hydroxylation is 2. The van der Waals surface area contributed by atoms with E-state index in [1.807, 2.05) is 13.8 Å². The van der Waals surface area contributed by atoms with Crippen LogP contribution in [0.4, 0.5) is 5.69 Å². The normalized spacial score (nSPS) is 11.3. The average Bonchev–Trinajstić information content (AvgIpc) is 2.35. The molecule has 0 amide bonds. The molecule has 1 aromatic heterocycles. The van der Waals surface area contributed by atoms with Crippen LogP contribution in [0.3, 0.4) is 0 Å². The van der Waals surface area contributed by atoms with Crippen molar-refractivity contribution in [2.24, 2.45) is 0 Å². The van der Waals surface area contributed by atoms with Gasteiger partial charge in [-0.05, 0) is 49.2 Å². The van der Waals surface area contributed by atoms with E-state index in [1.165, 1.54) is 18.3 Å². The minimum atomic E-state index is -3.75. The molecule has 0 unspecified atom stereocenters. The first-order chi connectivity index (χ1) is 8.90. The Kier molecular flexibility index (Phi) is 3.44. The summed E-state index contributed by atoms with van der Waals surface area (Å²) in [5.41, 5.74) is 1.41. The maximum Gasteiger partial charge on any atom is 0.272 e.